The van der Waals surface area contributed by atoms with Gasteiger partial charge in [0, 0.05) is 28.3 Å². The van der Waals surface area contributed by atoms with Crippen molar-refractivity contribution in [3.8, 4) is 11.5 Å². The molecular weight excluding hydrogens is 632 g/mol. The number of likely N-dealkylation sites (tertiary alicyclic amines) is 1. The zero-order valence-corrected chi connectivity index (χ0v) is 21.8. The fraction of sp³-hybridized carbons (Fsp3) is 0.269. The number of alkyl halides is 3. The van der Waals surface area contributed by atoms with Crippen LogP contribution in [0.2, 0.25) is 5.02 Å². The summed E-state index contributed by atoms with van der Waals surface area (Å²) in [6.45, 7) is -0.288. The molecule has 4 nitrogen and oxygen atoms in total. The molecule has 11 heteroatoms. The van der Waals surface area contributed by atoms with Gasteiger partial charge in [0.2, 0.25) is 0 Å². The fourth-order valence-electron chi connectivity index (χ4n) is 4.58. The summed E-state index contributed by atoms with van der Waals surface area (Å²) in [5, 5.41) is 0.285. The Labute approximate surface area is 227 Å². The predicted octanol–water partition coefficient (Wildman–Crippen LogP) is 7.31. The third kappa shape index (κ3) is 4.85. The summed E-state index contributed by atoms with van der Waals surface area (Å²) < 4.78 is 81.0. The van der Waals surface area contributed by atoms with E-state index in [4.69, 9.17) is 21.1 Å². The molecule has 1 atom stereocenters. The van der Waals surface area contributed by atoms with Crippen molar-refractivity contribution in [2.45, 2.75) is 24.8 Å². The molecular formula is C26H18ClF5INO3. The summed E-state index contributed by atoms with van der Waals surface area (Å²) >= 11 is 8.61. The Kier molecular flexibility index (Phi) is 6.76. The number of ether oxygens (including phenoxy) is 2. The second-order valence-corrected chi connectivity index (χ2v) is 10.5. The van der Waals surface area contributed by atoms with E-state index in [-0.39, 0.29) is 48.0 Å². The van der Waals surface area contributed by atoms with Crippen LogP contribution in [0.4, 0.5) is 22.0 Å². The maximum absolute atomic E-state index is 15.1. The summed E-state index contributed by atoms with van der Waals surface area (Å²) in [5.74, 6) is -5.30. The van der Waals surface area contributed by atoms with Crippen molar-refractivity contribution in [3.63, 3.8) is 0 Å². The van der Waals surface area contributed by atoms with Gasteiger partial charge in [-0.1, -0.05) is 11.6 Å². The molecule has 0 radical (unpaired) electrons. The number of carbonyl (C=O) groups excluding carboxylic acids is 1. The molecule has 2 aliphatic heterocycles. The molecule has 1 unspecified atom stereocenters. The van der Waals surface area contributed by atoms with E-state index in [9.17, 15) is 22.4 Å². The molecule has 3 aromatic rings. The lowest BCUT2D eigenvalue weighted by Gasteiger charge is -2.33. The highest BCUT2D eigenvalue weighted by molar-refractivity contribution is 14.1. The first kappa shape index (κ1) is 26.0. The molecule has 1 saturated heterocycles. The standard InChI is InChI=1S/C26H18ClF5INO3/c27-20-11-17(33)5-6-19(20)25(14-1-3-16(28)4-2-14)36-22-12-18(21(29)13-23(22)37-25)24(35)34-9-7-15(8-10-34)26(30,31)32/h1-6,11-13,15H,7-10H2. The summed E-state index contributed by atoms with van der Waals surface area (Å²) in [4.78, 5) is 14.3. The van der Waals surface area contributed by atoms with Crippen LogP contribution in [-0.2, 0) is 5.79 Å². The number of hydrogen-bond donors (Lipinski definition) is 0. The minimum Gasteiger partial charge on any atom is -0.440 e. The van der Waals surface area contributed by atoms with Crippen LogP contribution in [0, 0.1) is 21.1 Å². The van der Waals surface area contributed by atoms with Crippen molar-refractivity contribution < 1.29 is 36.2 Å². The van der Waals surface area contributed by atoms with E-state index in [1.54, 1.807) is 18.2 Å². The molecule has 1 fully saturated rings. The monoisotopic (exact) mass is 649 g/mol. The number of hydrogen-bond acceptors (Lipinski definition) is 3. The van der Waals surface area contributed by atoms with Gasteiger partial charge in [-0.05, 0) is 84.0 Å². The Morgan fingerprint density at radius 3 is 2.19 bits per heavy atom. The number of amides is 1. The Balaban J connectivity index is 1.49. The van der Waals surface area contributed by atoms with E-state index in [2.05, 4.69) is 22.6 Å². The summed E-state index contributed by atoms with van der Waals surface area (Å²) in [6.07, 6.45) is -4.83. The Morgan fingerprint density at radius 1 is 0.973 bits per heavy atom. The average molecular weight is 650 g/mol. The van der Waals surface area contributed by atoms with Gasteiger partial charge in [-0.25, -0.2) is 8.78 Å². The SMILES string of the molecule is O=C(c1cc2c(cc1F)OC(c1ccc(F)cc1)(c1ccc(I)cc1Cl)O2)N1CCC(C(F)(F)F)CC1. The van der Waals surface area contributed by atoms with Gasteiger partial charge in [0.1, 0.15) is 11.6 Å². The maximum Gasteiger partial charge on any atom is 0.391 e. The molecule has 0 N–H and O–H groups in total. The van der Waals surface area contributed by atoms with Crippen molar-refractivity contribution in [2.24, 2.45) is 5.92 Å². The maximum atomic E-state index is 15.1. The summed E-state index contributed by atoms with van der Waals surface area (Å²) in [6, 6.07) is 12.6. The highest BCUT2D eigenvalue weighted by Gasteiger charge is 2.48. The van der Waals surface area contributed by atoms with Crippen molar-refractivity contribution >= 4 is 40.1 Å². The number of halogens is 7. The first-order valence-corrected chi connectivity index (χ1v) is 12.7. The Hall–Kier alpha value is -2.60. The number of carbonyl (C=O) groups is 1. The number of benzene rings is 3. The molecule has 2 aliphatic rings. The van der Waals surface area contributed by atoms with Crippen LogP contribution in [0.25, 0.3) is 0 Å². The molecule has 37 heavy (non-hydrogen) atoms. The molecule has 194 valence electrons. The van der Waals surface area contributed by atoms with Crippen molar-refractivity contribution in [1.29, 1.82) is 0 Å². The molecule has 3 aromatic carbocycles. The van der Waals surface area contributed by atoms with E-state index in [1.165, 1.54) is 35.2 Å². The minimum absolute atomic E-state index is 0.0104. The van der Waals surface area contributed by atoms with Gasteiger partial charge in [0.15, 0.2) is 11.5 Å². The smallest absolute Gasteiger partial charge is 0.391 e. The van der Waals surface area contributed by atoms with Crippen molar-refractivity contribution in [3.05, 3.63) is 91.5 Å². The van der Waals surface area contributed by atoms with E-state index >= 15 is 4.39 Å². The van der Waals surface area contributed by atoms with Gasteiger partial charge in [0.05, 0.1) is 22.1 Å². The largest absolute Gasteiger partial charge is 0.440 e. The van der Waals surface area contributed by atoms with Crippen LogP contribution >= 0.6 is 34.2 Å². The third-order valence-corrected chi connectivity index (χ3v) is 7.51. The summed E-state index contributed by atoms with van der Waals surface area (Å²) in [5.41, 5.74) is 0.395. The Morgan fingerprint density at radius 2 is 1.59 bits per heavy atom. The van der Waals surface area contributed by atoms with Gasteiger partial charge >= 0.3 is 12.0 Å². The number of nitrogens with zero attached hydrogens (tertiary/aromatic N) is 1. The second kappa shape index (κ2) is 9.61. The van der Waals surface area contributed by atoms with E-state index < -0.39 is 35.4 Å². The van der Waals surface area contributed by atoms with Crippen LogP contribution < -0.4 is 9.47 Å². The molecule has 0 saturated carbocycles. The van der Waals surface area contributed by atoms with Crippen LogP contribution in [0.1, 0.15) is 34.3 Å². The topological polar surface area (TPSA) is 38.8 Å². The van der Waals surface area contributed by atoms with Crippen LogP contribution in [-0.4, -0.2) is 30.1 Å². The zero-order valence-electron chi connectivity index (χ0n) is 18.9. The highest BCUT2D eigenvalue weighted by atomic mass is 127. The lowest BCUT2D eigenvalue weighted by molar-refractivity contribution is -0.183. The average Bonchev–Trinajstić information content (AvgIpc) is 3.22. The molecule has 5 rings (SSSR count). The van der Waals surface area contributed by atoms with Gasteiger partial charge < -0.3 is 14.4 Å². The number of piperidine rings is 1. The van der Waals surface area contributed by atoms with Crippen molar-refractivity contribution in [2.75, 3.05) is 13.1 Å². The first-order valence-electron chi connectivity index (χ1n) is 11.3. The molecule has 0 aromatic heterocycles. The summed E-state index contributed by atoms with van der Waals surface area (Å²) in [7, 11) is 0. The fourth-order valence-corrected chi connectivity index (χ4v) is 5.56. The van der Waals surface area contributed by atoms with Crippen LogP contribution in [0.5, 0.6) is 11.5 Å². The second-order valence-electron chi connectivity index (χ2n) is 8.84. The van der Waals surface area contributed by atoms with E-state index in [0.717, 1.165) is 9.64 Å². The highest BCUT2D eigenvalue weighted by Crippen LogP contribution is 2.50. The minimum atomic E-state index is -4.33. The molecule has 0 aliphatic carbocycles. The third-order valence-electron chi connectivity index (χ3n) is 6.53. The van der Waals surface area contributed by atoms with Crippen molar-refractivity contribution in [1.82, 2.24) is 4.90 Å². The molecule has 0 spiro atoms. The lowest BCUT2D eigenvalue weighted by atomic mass is 9.96. The quantitative estimate of drug-likeness (QED) is 0.221. The Bertz CT molecular complexity index is 1360. The zero-order chi connectivity index (χ0) is 26.5. The first-order chi connectivity index (χ1) is 17.5. The van der Waals surface area contributed by atoms with Gasteiger partial charge in [-0.15, -0.1) is 0 Å². The van der Waals surface area contributed by atoms with Crippen LogP contribution in [0.3, 0.4) is 0 Å². The lowest BCUT2D eigenvalue weighted by Crippen LogP contribution is -2.42. The van der Waals surface area contributed by atoms with Gasteiger partial charge in [-0.3, -0.25) is 4.79 Å². The normalized spacial score (nSPS) is 19.8. The molecule has 0 bridgehead atoms. The van der Waals surface area contributed by atoms with Crippen LogP contribution in [0.15, 0.2) is 54.6 Å². The number of fused-ring (bicyclic) bond motifs is 1. The molecule has 2 heterocycles. The van der Waals surface area contributed by atoms with Gasteiger partial charge in [0.25, 0.3) is 5.91 Å². The predicted molar refractivity (Wildman–Crippen MR) is 134 cm³/mol. The van der Waals surface area contributed by atoms with E-state index in [0.29, 0.717) is 11.1 Å². The van der Waals surface area contributed by atoms with E-state index in [1.807, 2.05) is 0 Å². The van der Waals surface area contributed by atoms with Gasteiger partial charge in [-0.2, -0.15) is 13.2 Å². The number of rotatable bonds is 3. The molecule has 1 amide bonds.